The van der Waals surface area contributed by atoms with Crippen LogP contribution in [-0.4, -0.2) is 89.5 Å². The molecule has 3 aliphatic rings. The molecule has 0 saturated carbocycles. The smallest absolute Gasteiger partial charge is 0.382 e. The number of imidazole rings is 2. The maximum absolute atomic E-state index is 16.1. The summed E-state index contributed by atoms with van der Waals surface area (Å²) in [6.07, 6.45) is -5.11. The monoisotopic (exact) mass is 688 g/mol. The number of ether oxygens (including phenoxy) is 2. The summed E-state index contributed by atoms with van der Waals surface area (Å²) >= 11 is 4.15. The quantitative estimate of drug-likeness (QED) is 0.172. The lowest BCUT2D eigenvalue weighted by Crippen LogP contribution is -2.36. The number of aromatic amines is 1. The molecule has 3 saturated heterocycles. The molecule has 242 valence electrons. The molecule has 0 bridgehead atoms. The Balaban J connectivity index is 1.17. The van der Waals surface area contributed by atoms with Crippen molar-refractivity contribution in [3.63, 3.8) is 0 Å². The molecule has 3 fully saturated rings. The van der Waals surface area contributed by atoms with Gasteiger partial charge in [0.1, 0.15) is 42.5 Å². The number of H-pyrrole nitrogens is 1. The van der Waals surface area contributed by atoms with Gasteiger partial charge in [-0.15, -0.1) is 0 Å². The van der Waals surface area contributed by atoms with Crippen LogP contribution in [0.5, 0.6) is 0 Å². The fourth-order valence-corrected chi connectivity index (χ4v) is 8.40. The topological polar surface area (TPSA) is 249 Å². The van der Waals surface area contributed by atoms with Crippen molar-refractivity contribution in [1.82, 2.24) is 39.0 Å². The highest BCUT2D eigenvalue weighted by Gasteiger charge is 2.53. The zero-order chi connectivity index (χ0) is 31.8. The molecule has 0 aromatic carbocycles. The molecule has 0 radical (unpaired) electrons. The van der Waals surface area contributed by atoms with Gasteiger partial charge in [0.05, 0.1) is 25.9 Å². The first-order valence-corrected chi connectivity index (χ1v) is 18.2. The second-order valence-corrected chi connectivity index (χ2v) is 15.7. The highest BCUT2D eigenvalue weighted by atomic mass is 32.7. The molecule has 7 rings (SSSR count). The van der Waals surface area contributed by atoms with Crippen molar-refractivity contribution in [2.75, 3.05) is 31.3 Å². The Bertz CT molecular complexity index is 1940. The molecule has 0 spiro atoms. The molecule has 4 aromatic heterocycles. The predicted octanol–water partition coefficient (Wildman–Crippen LogP) is 1.57. The second-order valence-electron chi connectivity index (χ2n) is 10.8. The van der Waals surface area contributed by atoms with E-state index in [2.05, 4.69) is 42.2 Å². The minimum Gasteiger partial charge on any atom is -0.382 e. The Labute approximate surface area is 257 Å². The maximum Gasteiger partial charge on any atom is 0.386 e. The first kappa shape index (κ1) is 30.6. The predicted molar refractivity (Wildman–Crippen MR) is 156 cm³/mol. The Morgan fingerprint density at radius 1 is 0.956 bits per heavy atom. The number of rotatable bonds is 2. The van der Waals surface area contributed by atoms with Crippen LogP contribution in [0.1, 0.15) is 19.4 Å². The van der Waals surface area contributed by atoms with Crippen molar-refractivity contribution in [3.05, 3.63) is 29.3 Å². The fraction of sp³-hybridized carbons (Fsp3) is 0.545. The standard InChI is InChI=1S/C22H27FN10O9P2S/c1-8-14-9(39-20(8)32-6-28-12-16(24)26-5-27-17(12)32)3-37-43(2,35)41-15-10(4-38-44(36,45)42-14)40-21(11(15)23)33-7-29-13-18(33)30-22(25)31-19(13)34/h5-11,14-15,20-21H,3-4H2,1-2H3,(H,36,45)(H2,24,26,27)(H3,25,30,31,34)/t8-,9-,10-,11-,14+,15-,20-,21-,43+,44-/m1/s1. The largest absolute Gasteiger partial charge is 0.386 e. The van der Waals surface area contributed by atoms with Crippen LogP contribution in [0.25, 0.3) is 22.3 Å². The van der Waals surface area contributed by atoms with E-state index in [1.165, 1.54) is 19.3 Å². The number of aromatic nitrogens is 8. The van der Waals surface area contributed by atoms with E-state index in [0.717, 1.165) is 10.9 Å². The Kier molecular flexibility index (Phi) is 7.53. The zero-order valence-corrected chi connectivity index (χ0v) is 26.1. The lowest BCUT2D eigenvalue weighted by molar-refractivity contribution is -0.0553. The Morgan fingerprint density at radius 2 is 1.62 bits per heavy atom. The number of hydrogen-bond donors (Lipinski definition) is 4. The summed E-state index contributed by atoms with van der Waals surface area (Å²) < 4.78 is 80.8. The van der Waals surface area contributed by atoms with Gasteiger partial charge in [-0.1, -0.05) is 19.2 Å². The molecule has 0 unspecified atom stereocenters. The van der Waals surface area contributed by atoms with Gasteiger partial charge in [-0.2, -0.15) is 4.98 Å². The van der Waals surface area contributed by atoms with E-state index in [9.17, 15) is 13.9 Å². The Morgan fingerprint density at radius 3 is 2.40 bits per heavy atom. The van der Waals surface area contributed by atoms with Crippen LogP contribution in [0.4, 0.5) is 16.2 Å². The highest BCUT2D eigenvalue weighted by Crippen LogP contribution is 2.59. The minimum atomic E-state index is -4.17. The molecule has 19 nitrogen and oxygen atoms in total. The van der Waals surface area contributed by atoms with Gasteiger partial charge in [-0.25, -0.2) is 28.9 Å². The third-order valence-electron chi connectivity index (χ3n) is 7.74. The zero-order valence-electron chi connectivity index (χ0n) is 23.4. The summed E-state index contributed by atoms with van der Waals surface area (Å²) in [4.78, 5) is 35.0. The lowest BCUT2D eigenvalue weighted by Gasteiger charge is -2.29. The van der Waals surface area contributed by atoms with Gasteiger partial charge in [0.15, 0.2) is 35.0 Å². The number of nitrogen functional groups attached to an aromatic ring is 2. The summed E-state index contributed by atoms with van der Waals surface area (Å²) in [6.45, 7) is -2.15. The molecule has 10 atom stereocenters. The number of halogens is 1. The summed E-state index contributed by atoms with van der Waals surface area (Å²) in [7, 11) is -4.01. The van der Waals surface area contributed by atoms with Crippen molar-refractivity contribution in [3.8, 4) is 0 Å². The van der Waals surface area contributed by atoms with Gasteiger partial charge in [0.25, 0.3) is 5.56 Å². The van der Waals surface area contributed by atoms with E-state index in [4.69, 9.17) is 39.0 Å². The first-order chi connectivity index (χ1) is 21.3. The van der Waals surface area contributed by atoms with Crippen LogP contribution in [0.2, 0.25) is 0 Å². The van der Waals surface area contributed by atoms with Crippen LogP contribution in [0, 0.1) is 5.92 Å². The van der Waals surface area contributed by atoms with Gasteiger partial charge in [-0.3, -0.25) is 37.0 Å². The van der Waals surface area contributed by atoms with E-state index in [-0.39, 0.29) is 29.5 Å². The van der Waals surface area contributed by atoms with Crippen LogP contribution in [0.15, 0.2) is 23.8 Å². The van der Waals surface area contributed by atoms with Gasteiger partial charge in [0, 0.05) is 12.6 Å². The lowest BCUT2D eigenvalue weighted by atomic mass is 10.0. The van der Waals surface area contributed by atoms with Crippen LogP contribution in [-0.2, 0) is 36.7 Å². The summed E-state index contributed by atoms with van der Waals surface area (Å²) in [5.41, 5.74) is 11.5. The molecule has 5 N–H and O–H groups in total. The summed E-state index contributed by atoms with van der Waals surface area (Å²) in [6, 6.07) is 0. The molecular formula is C22H27FN10O9P2S. The van der Waals surface area contributed by atoms with Crippen LogP contribution >= 0.6 is 26.6 Å². The third-order valence-corrected chi connectivity index (χ3v) is 10.6. The molecule has 7 heterocycles. The van der Waals surface area contributed by atoms with Crippen LogP contribution in [0.3, 0.4) is 0 Å². The van der Waals surface area contributed by atoms with Crippen molar-refractivity contribution in [2.24, 2.45) is 5.92 Å². The van der Waals surface area contributed by atoms with E-state index in [0.29, 0.717) is 11.2 Å². The van der Waals surface area contributed by atoms with Crippen molar-refractivity contribution in [1.29, 1.82) is 0 Å². The number of thiol groups is 1. The molecule has 3 aliphatic heterocycles. The number of nitrogens with two attached hydrogens (primary N) is 2. The highest BCUT2D eigenvalue weighted by molar-refractivity contribution is 8.44. The van der Waals surface area contributed by atoms with Gasteiger partial charge in [-0.05, 0) is 0 Å². The number of alkyl halides is 1. The van der Waals surface area contributed by atoms with E-state index in [1.807, 2.05) is 0 Å². The van der Waals surface area contributed by atoms with Gasteiger partial charge >= 0.3 is 14.4 Å². The number of hydrogen-bond acceptors (Lipinski definition) is 16. The average molecular weight is 689 g/mol. The van der Waals surface area contributed by atoms with E-state index >= 15 is 4.39 Å². The molecule has 0 amide bonds. The first-order valence-electron chi connectivity index (χ1n) is 13.5. The fourth-order valence-electron chi connectivity index (χ4n) is 5.67. The molecule has 45 heavy (non-hydrogen) atoms. The number of nitrogens with one attached hydrogen (secondary N) is 1. The normalized spacial score (nSPS) is 37.7. The molecular weight excluding hydrogens is 661 g/mol. The second kappa shape index (κ2) is 11.1. The average Bonchev–Trinajstić information content (AvgIpc) is 3.72. The SMILES string of the molecule is C[C@@H]1[C@@H]2O[P@](=O)(S)OC[C@H]3O[C@@H](n4cnc5c(=O)[nH]c(N)nc54)[C@H](F)[C@@H]3O[P@@](C)(=O)OC[C@H]2O[C@H]1n1cnc2c(N)ncnc21. The van der Waals surface area contributed by atoms with Crippen molar-refractivity contribution < 1.29 is 41.1 Å². The number of fused-ring (bicyclic) bond motifs is 4. The van der Waals surface area contributed by atoms with E-state index < -0.39 is 75.5 Å². The van der Waals surface area contributed by atoms with Gasteiger partial charge < -0.3 is 25.5 Å². The van der Waals surface area contributed by atoms with Crippen molar-refractivity contribution in [2.45, 2.75) is 50.0 Å². The van der Waals surface area contributed by atoms with Crippen LogP contribution < -0.4 is 17.0 Å². The summed E-state index contributed by atoms with van der Waals surface area (Å²) in [5, 5.41) is 0. The number of anilines is 2. The molecule has 4 aromatic rings. The molecule has 0 aliphatic carbocycles. The van der Waals surface area contributed by atoms with Gasteiger partial charge in [0.2, 0.25) is 5.95 Å². The van der Waals surface area contributed by atoms with Crippen molar-refractivity contribution >= 4 is 60.7 Å². The summed E-state index contributed by atoms with van der Waals surface area (Å²) in [5.74, 6) is -0.579. The third kappa shape index (κ3) is 5.45. The number of nitrogens with zero attached hydrogens (tertiary/aromatic N) is 7. The van der Waals surface area contributed by atoms with E-state index in [1.54, 1.807) is 11.5 Å². The molecule has 23 heteroatoms. The maximum atomic E-state index is 16.1. The minimum absolute atomic E-state index is 0.0606. The Hall–Kier alpha value is -3.00.